The van der Waals surface area contributed by atoms with Gasteiger partial charge in [-0.2, -0.15) is 0 Å². The molecule has 25 heavy (non-hydrogen) atoms. The predicted octanol–water partition coefficient (Wildman–Crippen LogP) is 4.57. The number of carbonyl (C=O) groups is 2. The van der Waals surface area contributed by atoms with Crippen molar-refractivity contribution in [2.45, 2.75) is 12.8 Å². The molecule has 0 unspecified atom stereocenters. The standard InChI is InChI=1S/C18H15ClFIN2O2/c19-11-3-5-14(18(25)23-7-1-2-8-23)16(9-11)22-17(24)13-6-4-12(20)10-15(13)21/h3-6,9-10H,1-2,7-8H2,(H,22,24). The number of halogens is 3. The molecule has 1 fully saturated rings. The fourth-order valence-electron chi connectivity index (χ4n) is 2.76. The molecule has 0 atom stereocenters. The molecule has 4 nitrogen and oxygen atoms in total. The van der Waals surface area contributed by atoms with Crippen molar-refractivity contribution in [3.8, 4) is 0 Å². The number of nitrogens with one attached hydrogen (secondary N) is 1. The SMILES string of the molecule is O=C(Nc1cc(Cl)ccc1C(=O)N1CCCC1)c1ccc(F)cc1I. The van der Waals surface area contributed by atoms with E-state index in [1.807, 2.05) is 22.6 Å². The number of nitrogens with zero attached hydrogens (tertiary/aromatic N) is 1. The van der Waals surface area contributed by atoms with E-state index < -0.39 is 11.7 Å². The lowest BCUT2D eigenvalue weighted by Gasteiger charge is -2.18. The van der Waals surface area contributed by atoms with Crippen LogP contribution in [0.15, 0.2) is 36.4 Å². The van der Waals surface area contributed by atoms with Crippen LogP contribution in [0.3, 0.4) is 0 Å². The second kappa shape index (κ2) is 7.70. The second-order valence-corrected chi connectivity index (χ2v) is 7.37. The Hall–Kier alpha value is -1.67. The van der Waals surface area contributed by atoms with Crippen molar-refractivity contribution in [2.75, 3.05) is 18.4 Å². The summed E-state index contributed by atoms with van der Waals surface area (Å²) in [4.78, 5) is 27.0. The fraction of sp³-hybridized carbons (Fsp3) is 0.222. The molecule has 130 valence electrons. The first kappa shape index (κ1) is 18.1. The maximum absolute atomic E-state index is 13.2. The number of carbonyl (C=O) groups excluding carboxylic acids is 2. The Kier molecular flexibility index (Phi) is 5.58. The molecule has 1 N–H and O–H groups in total. The zero-order valence-corrected chi connectivity index (χ0v) is 16.1. The van der Waals surface area contributed by atoms with Gasteiger partial charge in [-0.1, -0.05) is 11.6 Å². The highest BCUT2D eigenvalue weighted by Gasteiger charge is 2.23. The van der Waals surface area contributed by atoms with Crippen molar-refractivity contribution in [3.63, 3.8) is 0 Å². The normalized spacial score (nSPS) is 13.8. The van der Waals surface area contributed by atoms with Gasteiger partial charge in [-0.3, -0.25) is 9.59 Å². The van der Waals surface area contributed by atoms with Crippen molar-refractivity contribution >= 4 is 51.7 Å². The van der Waals surface area contributed by atoms with Gasteiger partial charge in [0, 0.05) is 21.7 Å². The van der Waals surface area contributed by atoms with Gasteiger partial charge in [-0.15, -0.1) is 0 Å². The molecule has 0 spiro atoms. The van der Waals surface area contributed by atoms with Crippen LogP contribution in [-0.4, -0.2) is 29.8 Å². The van der Waals surface area contributed by atoms with E-state index in [9.17, 15) is 14.0 Å². The lowest BCUT2D eigenvalue weighted by Crippen LogP contribution is -2.29. The molecule has 1 saturated heterocycles. The van der Waals surface area contributed by atoms with E-state index in [1.54, 1.807) is 23.1 Å². The van der Waals surface area contributed by atoms with Gasteiger partial charge in [0.05, 0.1) is 16.8 Å². The van der Waals surface area contributed by atoms with Crippen LogP contribution in [0.2, 0.25) is 5.02 Å². The van der Waals surface area contributed by atoms with Crippen molar-refractivity contribution in [3.05, 3.63) is 61.9 Å². The van der Waals surface area contributed by atoms with E-state index in [0.717, 1.165) is 12.8 Å². The van der Waals surface area contributed by atoms with E-state index in [-0.39, 0.29) is 5.91 Å². The van der Waals surface area contributed by atoms with Gasteiger partial charge in [0.1, 0.15) is 5.82 Å². The fourth-order valence-corrected chi connectivity index (χ4v) is 3.65. The molecule has 3 rings (SSSR count). The minimum atomic E-state index is -0.415. The molecule has 7 heteroatoms. The summed E-state index contributed by atoms with van der Waals surface area (Å²) in [5, 5.41) is 3.15. The quantitative estimate of drug-likeness (QED) is 0.665. The molecule has 1 heterocycles. The van der Waals surface area contributed by atoms with Crippen LogP contribution in [0.5, 0.6) is 0 Å². The van der Waals surface area contributed by atoms with Crippen LogP contribution in [0.1, 0.15) is 33.6 Å². The third-order valence-corrected chi connectivity index (χ3v) is 5.16. The highest BCUT2D eigenvalue weighted by molar-refractivity contribution is 14.1. The van der Waals surface area contributed by atoms with Gasteiger partial charge in [-0.05, 0) is 71.8 Å². The molecule has 2 amide bonds. The Bertz CT molecular complexity index is 838. The molecule has 0 saturated carbocycles. The number of amides is 2. The second-order valence-electron chi connectivity index (χ2n) is 5.77. The average molecular weight is 473 g/mol. The summed E-state index contributed by atoms with van der Waals surface area (Å²) in [6, 6.07) is 8.73. The first-order chi connectivity index (χ1) is 12.0. The Morgan fingerprint density at radius 1 is 1.08 bits per heavy atom. The molecule has 1 aliphatic rings. The summed E-state index contributed by atoms with van der Waals surface area (Å²) in [6.07, 6.45) is 1.96. The van der Waals surface area contributed by atoms with Crippen LogP contribution >= 0.6 is 34.2 Å². The van der Waals surface area contributed by atoms with Crippen LogP contribution in [-0.2, 0) is 0 Å². The Labute approximate surface area is 163 Å². The summed E-state index contributed by atoms with van der Waals surface area (Å²) in [6.45, 7) is 1.43. The number of hydrogen-bond acceptors (Lipinski definition) is 2. The van der Waals surface area contributed by atoms with Crippen molar-refractivity contribution < 1.29 is 14.0 Å². The molecule has 2 aromatic carbocycles. The molecule has 2 aromatic rings. The highest BCUT2D eigenvalue weighted by atomic mass is 127. The van der Waals surface area contributed by atoms with Crippen LogP contribution in [0, 0.1) is 9.39 Å². The monoisotopic (exact) mass is 472 g/mol. The van der Waals surface area contributed by atoms with Crippen LogP contribution in [0.25, 0.3) is 0 Å². The van der Waals surface area contributed by atoms with Gasteiger partial charge in [-0.25, -0.2) is 4.39 Å². The van der Waals surface area contributed by atoms with Gasteiger partial charge >= 0.3 is 0 Å². The Morgan fingerprint density at radius 2 is 1.76 bits per heavy atom. The third-order valence-electron chi connectivity index (χ3n) is 4.03. The topological polar surface area (TPSA) is 49.4 Å². The van der Waals surface area contributed by atoms with E-state index >= 15 is 0 Å². The highest BCUT2D eigenvalue weighted by Crippen LogP contribution is 2.25. The number of hydrogen-bond donors (Lipinski definition) is 1. The largest absolute Gasteiger partial charge is 0.339 e. The Balaban J connectivity index is 1.89. The van der Waals surface area contributed by atoms with Crippen molar-refractivity contribution in [1.82, 2.24) is 4.90 Å². The zero-order chi connectivity index (χ0) is 18.0. The Morgan fingerprint density at radius 3 is 2.44 bits per heavy atom. The molecular formula is C18H15ClFIN2O2. The number of likely N-dealkylation sites (tertiary alicyclic amines) is 1. The maximum atomic E-state index is 13.2. The zero-order valence-electron chi connectivity index (χ0n) is 13.2. The van der Waals surface area contributed by atoms with Crippen LogP contribution < -0.4 is 5.32 Å². The first-order valence-corrected chi connectivity index (χ1v) is 9.26. The lowest BCUT2D eigenvalue weighted by atomic mass is 10.1. The number of anilines is 1. The summed E-state index contributed by atoms with van der Waals surface area (Å²) in [5.41, 5.74) is 1.09. The van der Waals surface area contributed by atoms with Gasteiger partial charge in [0.15, 0.2) is 0 Å². The summed E-state index contributed by atoms with van der Waals surface area (Å²) in [5.74, 6) is -0.950. The molecule has 0 aliphatic carbocycles. The summed E-state index contributed by atoms with van der Waals surface area (Å²) >= 11 is 7.94. The summed E-state index contributed by atoms with van der Waals surface area (Å²) < 4.78 is 13.7. The van der Waals surface area contributed by atoms with Gasteiger partial charge < -0.3 is 10.2 Å². The van der Waals surface area contributed by atoms with E-state index in [0.29, 0.717) is 38.5 Å². The number of benzene rings is 2. The minimum Gasteiger partial charge on any atom is -0.339 e. The van der Waals surface area contributed by atoms with Crippen LogP contribution in [0.4, 0.5) is 10.1 Å². The minimum absolute atomic E-state index is 0.127. The maximum Gasteiger partial charge on any atom is 0.256 e. The van der Waals surface area contributed by atoms with Gasteiger partial charge in [0.2, 0.25) is 0 Å². The molecular weight excluding hydrogens is 458 g/mol. The lowest BCUT2D eigenvalue weighted by molar-refractivity contribution is 0.0794. The smallest absolute Gasteiger partial charge is 0.256 e. The van der Waals surface area contributed by atoms with Gasteiger partial charge in [0.25, 0.3) is 11.8 Å². The molecule has 0 aromatic heterocycles. The molecule has 1 aliphatic heterocycles. The average Bonchev–Trinajstić information content (AvgIpc) is 3.08. The first-order valence-electron chi connectivity index (χ1n) is 7.81. The third kappa shape index (κ3) is 4.12. The molecule has 0 radical (unpaired) electrons. The summed E-state index contributed by atoms with van der Waals surface area (Å²) in [7, 11) is 0. The van der Waals surface area contributed by atoms with Crippen molar-refractivity contribution in [2.24, 2.45) is 0 Å². The predicted molar refractivity (Wildman–Crippen MR) is 104 cm³/mol. The van der Waals surface area contributed by atoms with Crippen molar-refractivity contribution in [1.29, 1.82) is 0 Å². The number of rotatable bonds is 3. The molecule has 0 bridgehead atoms. The van der Waals surface area contributed by atoms with E-state index in [4.69, 9.17) is 11.6 Å². The van der Waals surface area contributed by atoms with E-state index in [1.165, 1.54) is 18.2 Å². The van der Waals surface area contributed by atoms with E-state index in [2.05, 4.69) is 5.32 Å².